The van der Waals surface area contributed by atoms with Crippen LogP contribution in [0.5, 0.6) is 0 Å². The third-order valence-electron chi connectivity index (χ3n) is 4.64. The van der Waals surface area contributed by atoms with E-state index in [1.165, 1.54) is 19.4 Å². The van der Waals surface area contributed by atoms with Crippen LogP contribution in [-0.2, 0) is 4.79 Å². The molecule has 0 spiro atoms. The van der Waals surface area contributed by atoms with Crippen LogP contribution in [0.15, 0.2) is 0 Å². The molecule has 2 aliphatic rings. The maximum Gasteiger partial charge on any atom is 0.310 e. The molecule has 2 aliphatic heterocycles. The van der Waals surface area contributed by atoms with Gasteiger partial charge in [0.15, 0.2) is 0 Å². The van der Waals surface area contributed by atoms with Gasteiger partial charge in [0.1, 0.15) is 0 Å². The molecule has 0 bridgehead atoms. The fourth-order valence-electron chi connectivity index (χ4n) is 3.19. The van der Waals surface area contributed by atoms with Crippen LogP contribution in [0.3, 0.4) is 0 Å². The number of hydrogen-bond acceptors (Lipinski definition) is 4. The fraction of sp³-hybridized carbons (Fsp3) is 0.933. The van der Waals surface area contributed by atoms with Crippen molar-refractivity contribution in [1.29, 1.82) is 0 Å². The number of carboxylic acids is 1. The maximum atomic E-state index is 11.2. The molecule has 2 saturated heterocycles. The number of piperidine rings is 1. The molecule has 0 radical (unpaired) electrons. The minimum atomic E-state index is -0.699. The highest BCUT2D eigenvalue weighted by molar-refractivity contribution is 5.73. The van der Waals surface area contributed by atoms with Gasteiger partial charge in [0.25, 0.3) is 0 Å². The summed E-state index contributed by atoms with van der Waals surface area (Å²) in [6.07, 6.45) is 2.60. The lowest BCUT2D eigenvalue weighted by Crippen LogP contribution is -2.51. The number of aliphatic carboxylic acids is 1. The Kier molecular flexibility index (Phi) is 5.41. The van der Waals surface area contributed by atoms with E-state index in [1.54, 1.807) is 0 Å². The van der Waals surface area contributed by atoms with Gasteiger partial charge in [-0.2, -0.15) is 0 Å². The topological polar surface area (TPSA) is 55.8 Å². The van der Waals surface area contributed by atoms with Crippen LogP contribution < -0.4 is 5.32 Å². The van der Waals surface area contributed by atoms with E-state index in [4.69, 9.17) is 0 Å². The standard InChI is InChI=1S/C15H29N3O2/c1-15(2,14(19)20)12-18-9-7-17(8-10-18)11-13-3-5-16-6-4-13/h13,16H,3-12H2,1-2H3,(H,19,20). The van der Waals surface area contributed by atoms with Crippen molar-refractivity contribution in [2.45, 2.75) is 26.7 Å². The van der Waals surface area contributed by atoms with Gasteiger partial charge in [-0.25, -0.2) is 0 Å². The monoisotopic (exact) mass is 283 g/mol. The number of piperazine rings is 1. The number of hydrogen-bond donors (Lipinski definition) is 2. The molecule has 0 aliphatic carbocycles. The zero-order valence-electron chi connectivity index (χ0n) is 12.9. The number of carbonyl (C=O) groups is 1. The molecule has 116 valence electrons. The normalized spacial score (nSPS) is 23.9. The van der Waals surface area contributed by atoms with E-state index in [0.29, 0.717) is 6.54 Å². The minimum absolute atomic E-state index is 0.642. The number of rotatable bonds is 5. The molecule has 5 nitrogen and oxygen atoms in total. The number of nitrogens with one attached hydrogen (secondary N) is 1. The molecule has 2 fully saturated rings. The first-order valence-corrected chi connectivity index (χ1v) is 7.86. The third kappa shape index (κ3) is 4.43. The summed E-state index contributed by atoms with van der Waals surface area (Å²) in [6, 6.07) is 0. The van der Waals surface area contributed by atoms with Crippen molar-refractivity contribution < 1.29 is 9.90 Å². The quantitative estimate of drug-likeness (QED) is 0.778. The number of carboxylic acid groups (broad SMARTS) is 1. The smallest absolute Gasteiger partial charge is 0.310 e. The molecule has 0 amide bonds. The average molecular weight is 283 g/mol. The van der Waals surface area contributed by atoms with Crippen molar-refractivity contribution in [2.24, 2.45) is 11.3 Å². The van der Waals surface area contributed by atoms with Crippen molar-refractivity contribution >= 4 is 5.97 Å². The Labute approximate surface area is 122 Å². The summed E-state index contributed by atoms with van der Waals surface area (Å²) >= 11 is 0. The van der Waals surface area contributed by atoms with Crippen molar-refractivity contribution in [1.82, 2.24) is 15.1 Å². The summed E-state index contributed by atoms with van der Waals surface area (Å²) in [7, 11) is 0. The maximum absolute atomic E-state index is 11.2. The van der Waals surface area contributed by atoms with Gasteiger partial charge in [-0.05, 0) is 45.7 Å². The van der Waals surface area contributed by atoms with Crippen LogP contribution in [0.25, 0.3) is 0 Å². The van der Waals surface area contributed by atoms with E-state index in [2.05, 4.69) is 15.1 Å². The average Bonchev–Trinajstić information content (AvgIpc) is 2.42. The molecule has 2 N–H and O–H groups in total. The van der Waals surface area contributed by atoms with Gasteiger partial charge < -0.3 is 15.3 Å². The molecule has 0 aromatic rings. The zero-order valence-corrected chi connectivity index (χ0v) is 12.9. The molecule has 0 saturated carbocycles. The van der Waals surface area contributed by atoms with Gasteiger partial charge in [0.2, 0.25) is 0 Å². The lowest BCUT2D eigenvalue weighted by Gasteiger charge is -2.39. The van der Waals surface area contributed by atoms with E-state index < -0.39 is 11.4 Å². The Balaban J connectivity index is 1.70. The van der Waals surface area contributed by atoms with Crippen molar-refractivity contribution in [3.05, 3.63) is 0 Å². The van der Waals surface area contributed by atoms with E-state index in [-0.39, 0.29) is 0 Å². The Bertz CT molecular complexity index is 319. The van der Waals surface area contributed by atoms with Crippen molar-refractivity contribution in [3.8, 4) is 0 Å². The van der Waals surface area contributed by atoms with Crippen LogP contribution in [0.1, 0.15) is 26.7 Å². The summed E-state index contributed by atoms with van der Waals surface area (Å²) in [5.74, 6) is 0.146. The largest absolute Gasteiger partial charge is 0.481 e. The Morgan fingerprint density at radius 3 is 2.25 bits per heavy atom. The first-order valence-electron chi connectivity index (χ1n) is 7.86. The van der Waals surface area contributed by atoms with Crippen LogP contribution in [0.2, 0.25) is 0 Å². The minimum Gasteiger partial charge on any atom is -0.481 e. The lowest BCUT2D eigenvalue weighted by atomic mass is 9.92. The summed E-state index contributed by atoms with van der Waals surface area (Å²) in [4.78, 5) is 16.0. The van der Waals surface area contributed by atoms with Crippen LogP contribution in [-0.4, -0.2) is 73.2 Å². The molecular formula is C15H29N3O2. The van der Waals surface area contributed by atoms with Gasteiger partial charge in [0, 0.05) is 39.3 Å². The van der Waals surface area contributed by atoms with Crippen LogP contribution >= 0.6 is 0 Å². The van der Waals surface area contributed by atoms with Crippen molar-refractivity contribution in [3.63, 3.8) is 0 Å². The van der Waals surface area contributed by atoms with E-state index in [9.17, 15) is 9.90 Å². The Morgan fingerprint density at radius 2 is 1.70 bits per heavy atom. The predicted octanol–water partition coefficient (Wildman–Crippen LogP) is 0.714. The van der Waals surface area contributed by atoms with E-state index >= 15 is 0 Å². The second kappa shape index (κ2) is 6.87. The molecule has 0 aromatic carbocycles. The van der Waals surface area contributed by atoms with Gasteiger partial charge >= 0.3 is 5.97 Å². The van der Waals surface area contributed by atoms with Crippen molar-refractivity contribution in [2.75, 3.05) is 52.4 Å². The van der Waals surface area contributed by atoms with Gasteiger partial charge in [0.05, 0.1) is 5.41 Å². The molecule has 2 rings (SSSR count). The van der Waals surface area contributed by atoms with Gasteiger partial charge in [-0.1, -0.05) is 0 Å². The zero-order chi connectivity index (χ0) is 14.6. The Morgan fingerprint density at radius 1 is 1.15 bits per heavy atom. The highest BCUT2D eigenvalue weighted by Crippen LogP contribution is 2.19. The van der Waals surface area contributed by atoms with E-state index in [1.807, 2.05) is 13.8 Å². The molecular weight excluding hydrogens is 254 g/mol. The fourth-order valence-corrected chi connectivity index (χ4v) is 3.19. The molecule has 20 heavy (non-hydrogen) atoms. The molecule has 5 heteroatoms. The second-order valence-corrected chi connectivity index (χ2v) is 6.96. The lowest BCUT2D eigenvalue weighted by molar-refractivity contribution is -0.148. The third-order valence-corrected chi connectivity index (χ3v) is 4.64. The molecule has 0 atom stereocenters. The molecule has 2 heterocycles. The summed E-state index contributed by atoms with van der Waals surface area (Å²) < 4.78 is 0. The summed E-state index contributed by atoms with van der Waals surface area (Å²) in [5, 5.41) is 12.6. The Hall–Kier alpha value is -0.650. The van der Waals surface area contributed by atoms with Crippen LogP contribution in [0, 0.1) is 11.3 Å². The van der Waals surface area contributed by atoms with Gasteiger partial charge in [-0.15, -0.1) is 0 Å². The van der Waals surface area contributed by atoms with Gasteiger partial charge in [-0.3, -0.25) is 9.69 Å². The number of nitrogens with zero attached hydrogens (tertiary/aromatic N) is 2. The van der Waals surface area contributed by atoms with Crippen LogP contribution in [0.4, 0.5) is 0 Å². The summed E-state index contributed by atoms with van der Waals surface area (Å²) in [6.45, 7) is 12.0. The predicted molar refractivity (Wildman–Crippen MR) is 79.9 cm³/mol. The first kappa shape index (κ1) is 15.7. The highest BCUT2D eigenvalue weighted by atomic mass is 16.4. The summed E-state index contributed by atoms with van der Waals surface area (Å²) in [5.41, 5.74) is -0.642. The second-order valence-electron chi connectivity index (χ2n) is 6.96. The first-order chi connectivity index (χ1) is 9.47. The highest BCUT2D eigenvalue weighted by Gasteiger charge is 2.31. The van der Waals surface area contributed by atoms with E-state index in [0.717, 1.165) is 45.2 Å². The SMILES string of the molecule is CC(C)(CN1CCN(CC2CCNCC2)CC1)C(=O)O. The molecule has 0 aromatic heterocycles. The molecule has 0 unspecified atom stereocenters.